The summed E-state index contributed by atoms with van der Waals surface area (Å²) < 4.78 is 0. The minimum atomic E-state index is -0.0165. The molecule has 2 saturated heterocycles. The zero-order valence-electron chi connectivity index (χ0n) is 11.5. The highest BCUT2D eigenvalue weighted by molar-refractivity contribution is 5.91. The molecule has 3 heterocycles. The molecule has 1 aromatic heterocycles. The van der Waals surface area contributed by atoms with Crippen LogP contribution in [0.5, 0.6) is 0 Å². The molecule has 6 nitrogen and oxygen atoms in total. The summed E-state index contributed by atoms with van der Waals surface area (Å²) in [6.45, 7) is 7.04. The third kappa shape index (κ3) is 2.04. The SMILES string of the molecule is CCc1nc(C(=O)N2CC3CNCC3C2CC)n[nH]1. The maximum atomic E-state index is 12.5. The lowest BCUT2D eigenvalue weighted by atomic mass is 9.93. The second-order valence-electron chi connectivity index (χ2n) is 5.47. The maximum absolute atomic E-state index is 12.5. The first kappa shape index (κ1) is 12.6. The van der Waals surface area contributed by atoms with Gasteiger partial charge in [0.25, 0.3) is 5.91 Å². The van der Waals surface area contributed by atoms with Gasteiger partial charge in [-0.3, -0.25) is 9.89 Å². The van der Waals surface area contributed by atoms with Crippen molar-refractivity contribution in [2.24, 2.45) is 11.8 Å². The largest absolute Gasteiger partial charge is 0.332 e. The fourth-order valence-corrected chi connectivity index (χ4v) is 3.46. The predicted molar refractivity (Wildman–Crippen MR) is 70.7 cm³/mol. The van der Waals surface area contributed by atoms with Crippen molar-refractivity contribution < 1.29 is 4.79 Å². The van der Waals surface area contributed by atoms with Gasteiger partial charge in [-0.1, -0.05) is 13.8 Å². The van der Waals surface area contributed by atoms with Crippen LogP contribution < -0.4 is 5.32 Å². The minimum Gasteiger partial charge on any atom is -0.332 e. The Morgan fingerprint density at radius 2 is 2.26 bits per heavy atom. The molecule has 19 heavy (non-hydrogen) atoms. The number of likely N-dealkylation sites (tertiary alicyclic amines) is 1. The topological polar surface area (TPSA) is 73.9 Å². The third-order valence-electron chi connectivity index (χ3n) is 4.45. The summed E-state index contributed by atoms with van der Waals surface area (Å²) in [6.07, 6.45) is 1.77. The van der Waals surface area contributed by atoms with Crippen molar-refractivity contribution in [3.63, 3.8) is 0 Å². The molecule has 3 unspecified atom stereocenters. The fraction of sp³-hybridized carbons (Fsp3) is 0.769. The monoisotopic (exact) mass is 263 g/mol. The second-order valence-corrected chi connectivity index (χ2v) is 5.47. The molecule has 3 rings (SSSR count). The van der Waals surface area contributed by atoms with E-state index in [-0.39, 0.29) is 5.91 Å². The number of rotatable bonds is 3. The number of carbonyl (C=O) groups excluding carboxylic acids is 1. The Balaban J connectivity index is 1.79. The van der Waals surface area contributed by atoms with Gasteiger partial charge in [0.15, 0.2) is 0 Å². The van der Waals surface area contributed by atoms with Gasteiger partial charge in [-0.2, -0.15) is 0 Å². The Morgan fingerprint density at radius 3 is 2.95 bits per heavy atom. The number of H-pyrrole nitrogens is 1. The molecule has 0 radical (unpaired) electrons. The smallest absolute Gasteiger partial charge is 0.293 e. The Labute approximate surface area is 113 Å². The van der Waals surface area contributed by atoms with E-state index in [1.165, 1.54) is 0 Å². The first-order chi connectivity index (χ1) is 9.24. The number of nitrogens with zero attached hydrogens (tertiary/aromatic N) is 3. The summed E-state index contributed by atoms with van der Waals surface area (Å²) in [7, 11) is 0. The predicted octanol–water partition coefficient (Wildman–Crippen LogP) is 0.437. The Bertz CT molecular complexity index is 471. The second kappa shape index (κ2) is 4.92. The number of hydrogen-bond acceptors (Lipinski definition) is 4. The molecule has 104 valence electrons. The van der Waals surface area contributed by atoms with E-state index in [4.69, 9.17) is 0 Å². The summed E-state index contributed by atoms with van der Waals surface area (Å²) in [5.74, 6) is 2.27. The molecule has 0 aliphatic carbocycles. The van der Waals surface area contributed by atoms with Crippen LogP contribution in [0.2, 0.25) is 0 Å². The van der Waals surface area contributed by atoms with Crippen molar-refractivity contribution in [1.82, 2.24) is 25.4 Å². The molecule has 3 atom stereocenters. The van der Waals surface area contributed by atoms with Gasteiger partial charge >= 0.3 is 0 Å². The van der Waals surface area contributed by atoms with Gasteiger partial charge in [0.05, 0.1) is 0 Å². The van der Waals surface area contributed by atoms with E-state index in [9.17, 15) is 4.79 Å². The summed E-state index contributed by atoms with van der Waals surface area (Å²) in [5, 5.41) is 10.3. The van der Waals surface area contributed by atoms with Crippen LogP contribution in [-0.2, 0) is 6.42 Å². The molecule has 2 aliphatic rings. The van der Waals surface area contributed by atoms with Crippen LogP contribution in [0.1, 0.15) is 36.7 Å². The van der Waals surface area contributed by atoms with Crippen LogP contribution in [0.15, 0.2) is 0 Å². The van der Waals surface area contributed by atoms with Gasteiger partial charge in [-0.15, -0.1) is 5.10 Å². The third-order valence-corrected chi connectivity index (χ3v) is 4.45. The van der Waals surface area contributed by atoms with Crippen LogP contribution >= 0.6 is 0 Å². The lowest BCUT2D eigenvalue weighted by Gasteiger charge is -2.25. The number of aryl methyl sites for hydroxylation is 1. The zero-order valence-corrected chi connectivity index (χ0v) is 11.5. The van der Waals surface area contributed by atoms with E-state index >= 15 is 0 Å². The van der Waals surface area contributed by atoms with Gasteiger partial charge in [-0.05, 0) is 18.3 Å². The van der Waals surface area contributed by atoms with Crippen molar-refractivity contribution >= 4 is 5.91 Å². The number of amides is 1. The lowest BCUT2D eigenvalue weighted by Crippen LogP contribution is -2.40. The Kier molecular flexibility index (Phi) is 3.26. The van der Waals surface area contributed by atoms with Gasteiger partial charge in [-0.25, -0.2) is 4.98 Å². The molecule has 2 fully saturated rings. The molecule has 0 spiro atoms. The van der Waals surface area contributed by atoms with E-state index < -0.39 is 0 Å². The van der Waals surface area contributed by atoms with Crippen LogP contribution in [-0.4, -0.2) is 51.7 Å². The van der Waals surface area contributed by atoms with Crippen molar-refractivity contribution in [2.75, 3.05) is 19.6 Å². The average molecular weight is 263 g/mol. The molecule has 6 heteroatoms. The van der Waals surface area contributed by atoms with Gasteiger partial charge in [0, 0.05) is 32.1 Å². The highest BCUT2D eigenvalue weighted by atomic mass is 16.2. The van der Waals surface area contributed by atoms with Gasteiger partial charge in [0.2, 0.25) is 5.82 Å². The van der Waals surface area contributed by atoms with Crippen molar-refractivity contribution in [3.8, 4) is 0 Å². The maximum Gasteiger partial charge on any atom is 0.293 e. The molecular weight excluding hydrogens is 242 g/mol. The Morgan fingerprint density at radius 1 is 1.42 bits per heavy atom. The van der Waals surface area contributed by atoms with E-state index in [0.717, 1.165) is 38.3 Å². The number of nitrogens with one attached hydrogen (secondary N) is 2. The lowest BCUT2D eigenvalue weighted by molar-refractivity contribution is 0.0699. The van der Waals surface area contributed by atoms with Crippen molar-refractivity contribution in [1.29, 1.82) is 0 Å². The number of aromatic nitrogens is 3. The van der Waals surface area contributed by atoms with Crippen LogP contribution in [0.3, 0.4) is 0 Å². The highest BCUT2D eigenvalue weighted by Gasteiger charge is 2.45. The van der Waals surface area contributed by atoms with E-state index in [1.54, 1.807) is 0 Å². The first-order valence-corrected chi connectivity index (χ1v) is 7.17. The molecule has 1 aromatic rings. The quantitative estimate of drug-likeness (QED) is 0.830. The molecule has 0 bridgehead atoms. The van der Waals surface area contributed by atoms with E-state index in [1.807, 2.05) is 11.8 Å². The molecule has 0 saturated carbocycles. The Hall–Kier alpha value is -1.43. The fourth-order valence-electron chi connectivity index (χ4n) is 3.46. The van der Waals surface area contributed by atoms with Gasteiger partial charge in [0.1, 0.15) is 5.82 Å². The van der Waals surface area contributed by atoms with E-state index in [2.05, 4.69) is 27.4 Å². The molecule has 0 aromatic carbocycles. The average Bonchev–Trinajstić information content (AvgIpc) is 3.12. The standard InChI is InChI=1S/C13H21N5O/c1-3-10-9-6-14-5-8(9)7-18(10)13(19)12-15-11(4-2)16-17-12/h8-10,14H,3-7H2,1-2H3,(H,15,16,17). The summed E-state index contributed by atoms with van der Waals surface area (Å²) in [5.41, 5.74) is 0. The van der Waals surface area contributed by atoms with Crippen LogP contribution in [0.4, 0.5) is 0 Å². The molecular formula is C13H21N5O. The molecule has 2 aliphatic heterocycles. The normalized spacial score (nSPS) is 29.8. The van der Waals surface area contributed by atoms with Crippen LogP contribution in [0, 0.1) is 11.8 Å². The highest BCUT2D eigenvalue weighted by Crippen LogP contribution is 2.34. The van der Waals surface area contributed by atoms with Crippen molar-refractivity contribution in [3.05, 3.63) is 11.6 Å². The summed E-state index contributed by atoms with van der Waals surface area (Å²) >= 11 is 0. The van der Waals surface area contributed by atoms with Crippen LogP contribution in [0.25, 0.3) is 0 Å². The number of carbonyl (C=O) groups is 1. The number of aromatic amines is 1. The summed E-state index contributed by atoms with van der Waals surface area (Å²) in [6, 6.07) is 0.330. The molecule has 2 N–H and O–H groups in total. The van der Waals surface area contributed by atoms with E-state index in [0.29, 0.717) is 23.7 Å². The van der Waals surface area contributed by atoms with Crippen molar-refractivity contribution in [2.45, 2.75) is 32.7 Å². The minimum absolute atomic E-state index is 0.0165. The number of hydrogen-bond donors (Lipinski definition) is 2. The summed E-state index contributed by atoms with van der Waals surface area (Å²) in [4.78, 5) is 18.8. The first-order valence-electron chi connectivity index (χ1n) is 7.17. The number of fused-ring (bicyclic) bond motifs is 1. The zero-order chi connectivity index (χ0) is 13.4. The molecule has 1 amide bonds. The van der Waals surface area contributed by atoms with Gasteiger partial charge < -0.3 is 10.2 Å².